The minimum absolute atomic E-state index is 0.0274. The summed E-state index contributed by atoms with van der Waals surface area (Å²) in [6, 6.07) is 12.0. The molecule has 0 atom stereocenters. The second-order valence-corrected chi connectivity index (χ2v) is 5.78. The smallest absolute Gasteiger partial charge is 0.324 e. The molecule has 0 saturated carbocycles. The van der Waals surface area contributed by atoms with E-state index in [1.807, 2.05) is 24.3 Å². The first kappa shape index (κ1) is 14.7. The number of benzene rings is 1. The summed E-state index contributed by atoms with van der Waals surface area (Å²) in [7, 11) is 1.74. The van der Waals surface area contributed by atoms with Crippen LogP contribution in [-0.4, -0.2) is 19.6 Å². The van der Waals surface area contributed by atoms with Crippen molar-refractivity contribution in [3.63, 3.8) is 0 Å². The predicted molar refractivity (Wildman–Crippen MR) is 86.7 cm³/mol. The number of nitro groups is 1. The third-order valence-corrected chi connectivity index (χ3v) is 4.41. The number of allylic oxidation sites excluding steroid dienone is 1. The lowest BCUT2D eigenvalue weighted by molar-refractivity contribution is -0.380. The van der Waals surface area contributed by atoms with Gasteiger partial charge in [-0.15, -0.1) is 0 Å². The molecule has 0 aliphatic carbocycles. The Morgan fingerprint density at radius 1 is 1.39 bits per heavy atom. The Hall–Kier alpha value is -3.18. The molecule has 0 aliphatic rings. The third-order valence-electron chi connectivity index (χ3n) is 3.36. The van der Waals surface area contributed by atoms with Crippen LogP contribution in [0.2, 0.25) is 0 Å². The number of rotatable bonds is 3. The molecule has 0 radical (unpaired) electrons. The van der Waals surface area contributed by atoms with Crippen LogP contribution in [0.25, 0.3) is 22.4 Å². The lowest BCUT2D eigenvalue weighted by Crippen LogP contribution is -1.98. The second kappa shape index (κ2) is 5.55. The molecule has 0 fully saturated rings. The SMILES string of the molecule is Cn1c(C(C#N)=C(O)c2ccc([N+](=O)[O-])s2)nc2ccccc21. The number of aliphatic hydroxyl groups excluding tert-OH is 1. The number of fused-ring (bicyclic) bond motifs is 1. The molecule has 114 valence electrons. The largest absolute Gasteiger partial charge is 0.505 e. The summed E-state index contributed by atoms with van der Waals surface area (Å²) in [5.41, 5.74) is 1.49. The molecule has 2 aromatic heterocycles. The number of hydrogen-bond acceptors (Lipinski definition) is 6. The number of imidazole rings is 1. The molecule has 0 saturated heterocycles. The van der Waals surface area contributed by atoms with Gasteiger partial charge in [0.15, 0.2) is 11.6 Å². The van der Waals surface area contributed by atoms with Crippen molar-refractivity contribution < 1.29 is 10.0 Å². The highest BCUT2D eigenvalue weighted by molar-refractivity contribution is 7.16. The fraction of sp³-hybridized carbons (Fsp3) is 0.0667. The van der Waals surface area contributed by atoms with Gasteiger partial charge < -0.3 is 9.67 Å². The van der Waals surface area contributed by atoms with E-state index in [1.165, 1.54) is 12.1 Å². The Balaban J connectivity index is 2.18. The minimum Gasteiger partial charge on any atom is -0.505 e. The van der Waals surface area contributed by atoms with E-state index in [0.717, 1.165) is 16.9 Å². The first-order valence-corrected chi connectivity index (χ1v) is 7.34. The Morgan fingerprint density at radius 2 is 2.13 bits per heavy atom. The summed E-state index contributed by atoms with van der Waals surface area (Å²) in [6.45, 7) is 0. The highest BCUT2D eigenvalue weighted by Gasteiger charge is 2.20. The van der Waals surface area contributed by atoms with Crippen LogP contribution in [0.15, 0.2) is 36.4 Å². The van der Waals surface area contributed by atoms with Crippen molar-refractivity contribution in [3.05, 3.63) is 57.2 Å². The average Bonchev–Trinajstić information content (AvgIpc) is 3.15. The first-order valence-electron chi connectivity index (χ1n) is 6.52. The third kappa shape index (κ3) is 2.43. The van der Waals surface area contributed by atoms with Crippen LogP contribution in [0, 0.1) is 21.4 Å². The van der Waals surface area contributed by atoms with Crippen molar-refractivity contribution in [2.24, 2.45) is 7.05 Å². The number of hydrogen-bond donors (Lipinski definition) is 1. The summed E-state index contributed by atoms with van der Waals surface area (Å²) in [5.74, 6) is -0.00809. The van der Waals surface area contributed by atoms with Crippen LogP contribution in [0.1, 0.15) is 10.7 Å². The van der Waals surface area contributed by atoms with Crippen LogP contribution >= 0.6 is 11.3 Å². The van der Waals surface area contributed by atoms with E-state index < -0.39 is 4.92 Å². The predicted octanol–water partition coefficient (Wildman–Crippen LogP) is 3.49. The molecule has 0 aliphatic heterocycles. The van der Waals surface area contributed by atoms with Gasteiger partial charge >= 0.3 is 5.00 Å². The molecule has 1 N–H and O–H groups in total. The number of aromatic nitrogens is 2. The maximum absolute atomic E-state index is 10.8. The average molecular weight is 326 g/mol. The van der Waals surface area contributed by atoms with Crippen molar-refractivity contribution in [1.29, 1.82) is 5.26 Å². The van der Waals surface area contributed by atoms with Gasteiger partial charge in [0, 0.05) is 13.1 Å². The van der Waals surface area contributed by atoms with Gasteiger partial charge in [-0.1, -0.05) is 23.5 Å². The summed E-state index contributed by atoms with van der Waals surface area (Å²) >= 11 is 0.805. The zero-order valence-electron chi connectivity index (χ0n) is 11.9. The first-order chi connectivity index (χ1) is 11.0. The van der Waals surface area contributed by atoms with Crippen molar-refractivity contribution in [1.82, 2.24) is 9.55 Å². The number of nitrogens with zero attached hydrogens (tertiary/aromatic N) is 4. The van der Waals surface area contributed by atoms with E-state index in [1.54, 1.807) is 17.7 Å². The molecule has 8 heteroatoms. The monoisotopic (exact) mass is 326 g/mol. The number of para-hydroxylation sites is 2. The lowest BCUT2D eigenvalue weighted by atomic mass is 10.2. The molecular formula is C15H10N4O3S. The number of aliphatic hydroxyl groups is 1. The van der Waals surface area contributed by atoms with Gasteiger partial charge in [-0.05, 0) is 18.2 Å². The molecule has 2 heterocycles. The minimum atomic E-state index is -0.539. The molecular weight excluding hydrogens is 316 g/mol. The van der Waals surface area contributed by atoms with Crippen molar-refractivity contribution in [2.45, 2.75) is 0 Å². The highest BCUT2D eigenvalue weighted by Crippen LogP contribution is 2.32. The number of aryl methyl sites for hydroxylation is 1. The Kier molecular flexibility index (Phi) is 3.56. The summed E-state index contributed by atoms with van der Waals surface area (Å²) < 4.78 is 1.70. The molecule has 3 aromatic rings. The van der Waals surface area contributed by atoms with E-state index in [4.69, 9.17) is 0 Å². The van der Waals surface area contributed by atoms with E-state index >= 15 is 0 Å². The number of nitriles is 1. The molecule has 0 unspecified atom stereocenters. The van der Waals surface area contributed by atoms with E-state index in [0.29, 0.717) is 11.3 Å². The molecule has 7 nitrogen and oxygen atoms in total. The Labute approximate surface area is 134 Å². The molecule has 1 aromatic carbocycles. The van der Waals surface area contributed by atoms with Crippen LogP contribution < -0.4 is 0 Å². The molecule has 3 rings (SSSR count). The lowest BCUT2D eigenvalue weighted by Gasteiger charge is -2.03. The van der Waals surface area contributed by atoms with Crippen molar-refractivity contribution in [3.8, 4) is 6.07 Å². The quantitative estimate of drug-likeness (QED) is 0.343. The van der Waals surface area contributed by atoms with Gasteiger partial charge in [0.25, 0.3) is 0 Å². The van der Waals surface area contributed by atoms with Gasteiger partial charge in [-0.25, -0.2) is 4.98 Å². The Morgan fingerprint density at radius 3 is 2.74 bits per heavy atom. The molecule has 23 heavy (non-hydrogen) atoms. The number of thiophene rings is 1. The fourth-order valence-electron chi connectivity index (χ4n) is 2.25. The van der Waals surface area contributed by atoms with Crippen LogP contribution in [0.5, 0.6) is 0 Å². The Bertz CT molecular complexity index is 994. The topological polar surface area (TPSA) is 105 Å². The van der Waals surface area contributed by atoms with Crippen LogP contribution in [0.4, 0.5) is 5.00 Å². The van der Waals surface area contributed by atoms with E-state index in [-0.39, 0.29) is 21.2 Å². The summed E-state index contributed by atoms with van der Waals surface area (Å²) in [5, 5.41) is 30.4. The van der Waals surface area contributed by atoms with Gasteiger partial charge in [-0.3, -0.25) is 10.1 Å². The normalized spacial score (nSPS) is 12.0. The van der Waals surface area contributed by atoms with Crippen LogP contribution in [-0.2, 0) is 7.05 Å². The van der Waals surface area contributed by atoms with Crippen molar-refractivity contribution in [2.75, 3.05) is 0 Å². The maximum atomic E-state index is 10.8. The van der Waals surface area contributed by atoms with Gasteiger partial charge in [0.05, 0.1) is 20.8 Å². The highest BCUT2D eigenvalue weighted by atomic mass is 32.1. The van der Waals surface area contributed by atoms with Gasteiger partial charge in [0.1, 0.15) is 11.6 Å². The van der Waals surface area contributed by atoms with Crippen LogP contribution in [0.3, 0.4) is 0 Å². The van der Waals surface area contributed by atoms with Crippen molar-refractivity contribution >= 4 is 38.7 Å². The van der Waals surface area contributed by atoms with E-state index in [2.05, 4.69) is 4.98 Å². The van der Waals surface area contributed by atoms with E-state index in [9.17, 15) is 20.5 Å². The maximum Gasteiger partial charge on any atom is 0.324 e. The molecule has 0 bridgehead atoms. The zero-order valence-corrected chi connectivity index (χ0v) is 12.7. The molecule has 0 amide bonds. The standard InChI is InChI=1S/C15H10N4O3S/c1-18-11-5-3-2-4-10(11)17-15(18)9(8-16)14(20)12-6-7-13(23-12)19(21)22/h2-7,20H,1H3. The summed E-state index contributed by atoms with van der Waals surface area (Å²) in [4.78, 5) is 14.8. The second-order valence-electron chi connectivity index (χ2n) is 4.71. The fourth-order valence-corrected chi connectivity index (χ4v) is 3.03. The van der Waals surface area contributed by atoms with Gasteiger partial charge in [0.2, 0.25) is 0 Å². The molecule has 0 spiro atoms. The summed E-state index contributed by atoms with van der Waals surface area (Å²) in [6.07, 6.45) is 0. The zero-order chi connectivity index (χ0) is 16.6. The van der Waals surface area contributed by atoms with Gasteiger partial charge in [-0.2, -0.15) is 5.26 Å².